The highest BCUT2D eigenvalue weighted by Gasteiger charge is 2.13. The molecule has 0 aliphatic heterocycles. The number of esters is 1. The number of Topliss-reactive ketones (excluding diaryl/α,β-unsaturated/α-hetero) is 1. The fraction of sp³-hybridized carbons (Fsp3) is 0.818. The third kappa shape index (κ3) is 8.59. The smallest absolute Gasteiger partial charge is 0.313 e. The molecule has 94 valence electrons. The van der Waals surface area contributed by atoms with Crippen molar-refractivity contribution >= 4 is 22.6 Å². The molecule has 0 saturated heterocycles. The summed E-state index contributed by atoms with van der Waals surface area (Å²) < 4.78 is 16.1. The zero-order valence-electron chi connectivity index (χ0n) is 10.2. The Balaban J connectivity index is 3.78. The molecule has 0 aliphatic rings. The normalized spacial score (nSPS) is 12.5. The summed E-state index contributed by atoms with van der Waals surface area (Å²) in [5.74, 6) is 0.121. The van der Waals surface area contributed by atoms with Gasteiger partial charge < -0.3 is 4.74 Å². The van der Waals surface area contributed by atoms with Crippen molar-refractivity contribution in [1.29, 1.82) is 0 Å². The lowest BCUT2D eigenvalue weighted by Crippen LogP contribution is -2.18. The van der Waals surface area contributed by atoms with E-state index < -0.39 is 16.8 Å². The molecule has 16 heavy (non-hydrogen) atoms. The Labute approximate surface area is 99.2 Å². The highest BCUT2D eigenvalue weighted by molar-refractivity contribution is 7.85. The van der Waals surface area contributed by atoms with Gasteiger partial charge in [-0.1, -0.05) is 13.8 Å². The maximum Gasteiger partial charge on any atom is 0.313 e. The lowest BCUT2D eigenvalue weighted by atomic mass is 10.2. The summed E-state index contributed by atoms with van der Waals surface area (Å²) in [6.45, 7) is 6.03. The molecular weight excluding hydrogens is 228 g/mol. The zero-order chi connectivity index (χ0) is 12.6. The van der Waals surface area contributed by atoms with Crippen LogP contribution in [0.3, 0.4) is 0 Å². The van der Waals surface area contributed by atoms with Gasteiger partial charge in [-0.15, -0.1) is 0 Å². The van der Waals surface area contributed by atoms with Gasteiger partial charge in [0.05, 0.1) is 12.4 Å². The lowest BCUT2D eigenvalue weighted by Gasteiger charge is -2.04. The van der Waals surface area contributed by atoms with E-state index in [4.69, 9.17) is 0 Å². The monoisotopic (exact) mass is 248 g/mol. The molecule has 1 atom stereocenters. The minimum absolute atomic E-state index is 0.0362. The number of ketones is 1. The van der Waals surface area contributed by atoms with Crippen LogP contribution in [0.5, 0.6) is 0 Å². The van der Waals surface area contributed by atoms with E-state index in [1.165, 1.54) is 0 Å². The van der Waals surface area contributed by atoms with Gasteiger partial charge in [-0.3, -0.25) is 13.8 Å². The minimum Gasteiger partial charge on any atom is -0.466 e. The summed E-state index contributed by atoms with van der Waals surface area (Å²) >= 11 is 0. The first-order chi connectivity index (χ1) is 7.45. The van der Waals surface area contributed by atoms with Crippen molar-refractivity contribution < 1.29 is 18.5 Å². The standard InChI is InChI=1S/C11H20O4S/c1-4-15-11(13)7-10(12)8-16(14)6-5-9(2)3/h9H,4-8H2,1-3H3. The Bertz CT molecular complexity index is 261. The van der Waals surface area contributed by atoms with Crippen LogP contribution in [0.4, 0.5) is 0 Å². The number of carbonyl (C=O) groups is 2. The van der Waals surface area contributed by atoms with E-state index in [1.54, 1.807) is 6.92 Å². The van der Waals surface area contributed by atoms with Gasteiger partial charge in [0, 0.05) is 16.6 Å². The molecule has 0 rings (SSSR count). The molecule has 0 aromatic carbocycles. The molecule has 0 fully saturated rings. The minimum atomic E-state index is -1.15. The molecular formula is C11H20O4S. The Morgan fingerprint density at radius 2 is 1.94 bits per heavy atom. The number of rotatable bonds is 8. The Kier molecular flexibility index (Phi) is 8.07. The number of ether oxygens (including phenoxy) is 1. The quantitative estimate of drug-likeness (QED) is 0.480. The number of hydrogen-bond donors (Lipinski definition) is 0. The summed E-state index contributed by atoms with van der Waals surface area (Å²) in [4.78, 5) is 22.2. The summed E-state index contributed by atoms with van der Waals surface area (Å²) in [5.41, 5.74) is 0. The predicted octanol–water partition coefficient (Wildman–Crippen LogP) is 1.30. The van der Waals surface area contributed by atoms with Crippen molar-refractivity contribution in [3.8, 4) is 0 Å². The van der Waals surface area contributed by atoms with Crippen LogP contribution in [-0.2, 0) is 25.1 Å². The van der Waals surface area contributed by atoms with Gasteiger partial charge in [0.1, 0.15) is 6.42 Å². The first-order valence-corrected chi connectivity index (χ1v) is 6.96. The topological polar surface area (TPSA) is 60.4 Å². The highest BCUT2D eigenvalue weighted by Crippen LogP contribution is 2.01. The second-order valence-electron chi connectivity index (χ2n) is 3.99. The van der Waals surface area contributed by atoms with E-state index in [0.717, 1.165) is 6.42 Å². The van der Waals surface area contributed by atoms with Crippen LogP contribution in [-0.4, -0.2) is 34.1 Å². The third-order valence-corrected chi connectivity index (χ3v) is 3.23. The third-order valence-electron chi connectivity index (χ3n) is 1.89. The summed E-state index contributed by atoms with van der Waals surface area (Å²) in [7, 11) is -1.15. The van der Waals surface area contributed by atoms with Crippen molar-refractivity contribution in [3.63, 3.8) is 0 Å². The van der Waals surface area contributed by atoms with Crippen molar-refractivity contribution in [2.24, 2.45) is 5.92 Å². The lowest BCUT2D eigenvalue weighted by molar-refractivity contribution is -0.145. The zero-order valence-corrected chi connectivity index (χ0v) is 11.0. The van der Waals surface area contributed by atoms with Crippen LogP contribution in [0.15, 0.2) is 0 Å². The van der Waals surface area contributed by atoms with Gasteiger partial charge in [-0.2, -0.15) is 0 Å². The Morgan fingerprint density at radius 1 is 1.31 bits per heavy atom. The SMILES string of the molecule is CCOC(=O)CC(=O)CS(=O)CCC(C)C. The molecule has 0 aromatic heterocycles. The van der Waals surface area contributed by atoms with Crippen LogP contribution < -0.4 is 0 Å². The van der Waals surface area contributed by atoms with E-state index in [-0.39, 0.29) is 24.6 Å². The molecule has 0 radical (unpaired) electrons. The Hall–Kier alpha value is -0.710. The van der Waals surface area contributed by atoms with Crippen molar-refractivity contribution in [2.45, 2.75) is 33.6 Å². The fourth-order valence-corrected chi connectivity index (χ4v) is 2.38. The van der Waals surface area contributed by atoms with Gasteiger partial charge in [0.15, 0.2) is 5.78 Å². The first kappa shape index (κ1) is 15.3. The van der Waals surface area contributed by atoms with E-state index >= 15 is 0 Å². The molecule has 0 aliphatic carbocycles. The van der Waals surface area contributed by atoms with Crippen molar-refractivity contribution in [2.75, 3.05) is 18.1 Å². The second-order valence-corrected chi connectivity index (χ2v) is 5.57. The fourth-order valence-electron chi connectivity index (χ4n) is 1.04. The first-order valence-electron chi connectivity index (χ1n) is 5.48. The maximum atomic E-state index is 11.4. The Morgan fingerprint density at radius 3 is 2.44 bits per heavy atom. The maximum absolute atomic E-state index is 11.4. The predicted molar refractivity (Wildman–Crippen MR) is 63.6 cm³/mol. The van der Waals surface area contributed by atoms with Crippen LogP contribution in [0, 0.1) is 5.92 Å². The molecule has 1 unspecified atom stereocenters. The molecule has 0 saturated carbocycles. The molecule has 0 aromatic rings. The van der Waals surface area contributed by atoms with Gasteiger partial charge in [-0.05, 0) is 19.3 Å². The average molecular weight is 248 g/mol. The van der Waals surface area contributed by atoms with Gasteiger partial charge in [0.25, 0.3) is 0 Å². The van der Waals surface area contributed by atoms with Gasteiger partial charge >= 0.3 is 5.97 Å². The molecule has 0 spiro atoms. The molecule has 0 bridgehead atoms. The van der Waals surface area contributed by atoms with Crippen molar-refractivity contribution in [3.05, 3.63) is 0 Å². The summed E-state index contributed by atoms with van der Waals surface area (Å²) in [5, 5.41) is 0. The van der Waals surface area contributed by atoms with Gasteiger partial charge in [-0.25, -0.2) is 0 Å². The van der Waals surface area contributed by atoms with E-state index in [9.17, 15) is 13.8 Å². The summed E-state index contributed by atoms with van der Waals surface area (Å²) in [6.07, 6.45) is 0.570. The molecule has 5 heteroatoms. The van der Waals surface area contributed by atoms with Crippen LogP contribution in [0.1, 0.15) is 33.6 Å². The van der Waals surface area contributed by atoms with Gasteiger partial charge in [0.2, 0.25) is 0 Å². The average Bonchev–Trinajstić information content (AvgIpc) is 2.14. The van der Waals surface area contributed by atoms with Crippen LogP contribution >= 0.6 is 0 Å². The van der Waals surface area contributed by atoms with E-state index in [1.807, 2.05) is 13.8 Å². The highest BCUT2D eigenvalue weighted by atomic mass is 32.2. The van der Waals surface area contributed by atoms with E-state index in [0.29, 0.717) is 11.7 Å². The van der Waals surface area contributed by atoms with Crippen molar-refractivity contribution in [1.82, 2.24) is 0 Å². The second kappa shape index (κ2) is 8.44. The largest absolute Gasteiger partial charge is 0.466 e. The summed E-state index contributed by atoms with van der Waals surface area (Å²) in [6, 6.07) is 0. The van der Waals surface area contributed by atoms with Crippen LogP contribution in [0.2, 0.25) is 0 Å². The van der Waals surface area contributed by atoms with Crippen LogP contribution in [0.25, 0.3) is 0 Å². The molecule has 0 heterocycles. The number of hydrogen-bond acceptors (Lipinski definition) is 4. The molecule has 4 nitrogen and oxygen atoms in total. The molecule has 0 amide bonds. The number of carbonyl (C=O) groups excluding carboxylic acids is 2. The molecule has 0 N–H and O–H groups in total. The van der Waals surface area contributed by atoms with E-state index in [2.05, 4.69) is 4.74 Å².